The average Bonchev–Trinajstić information content (AvgIpc) is 2.94. The van der Waals surface area contributed by atoms with Gasteiger partial charge in [-0.25, -0.2) is 9.13 Å². The zero-order valence-electron chi connectivity index (χ0n) is 14.6. The van der Waals surface area contributed by atoms with Crippen LogP contribution in [-0.4, -0.2) is 10.4 Å². The first-order valence-corrected chi connectivity index (χ1v) is 8.56. The summed E-state index contributed by atoms with van der Waals surface area (Å²) in [6.07, 6.45) is 0. The number of aryl methyl sites for hydroxylation is 1. The van der Waals surface area contributed by atoms with Gasteiger partial charge in [-0.05, 0) is 23.3 Å². The quantitative estimate of drug-likeness (QED) is 0.455. The second-order valence-corrected chi connectivity index (χ2v) is 6.36. The third-order valence-electron chi connectivity index (χ3n) is 4.77. The number of aromatic nitrogens is 2. The number of ketones is 1. The van der Waals surface area contributed by atoms with Gasteiger partial charge in [-0.1, -0.05) is 66.7 Å². The van der Waals surface area contributed by atoms with Crippen LogP contribution in [0.4, 0.5) is 5.95 Å². The molecule has 0 saturated carbocycles. The van der Waals surface area contributed by atoms with Crippen molar-refractivity contribution in [3.05, 3.63) is 84.4 Å². The second kappa shape index (κ2) is 6.48. The van der Waals surface area contributed by atoms with Crippen molar-refractivity contribution in [2.75, 3.05) is 5.73 Å². The standard InChI is InChI=1S/C22H19N3O/c1-24-19-9-5-6-10-20(19)25(22(24)23)15-21(26)18-13-11-17(12-14-18)16-7-3-2-4-8-16/h2-14,23H,15H2,1H3/p+1. The van der Waals surface area contributed by atoms with Crippen molar-refractivity contribution in [2.45, 2.75) is 6.54 Å². The fraction of sp³-hybridized carbons (Fsp3) is 0.0909. The number of nitrogen functional groups attached to an aromatic ring is 1. The molecule has 0 unspecified atom stereocenters. The molecular formula is C22H20N3O+. The smallest absolute Gasteiger partial charge is 0.291 e. The molecule has 0 aliphatic carbocycles. The minimum absolute atomic E-state index is 0.0395. The van der Waals surface area contributed by atoms with E-state index in [4.69, 9.17) is 5.73 Å². The van der Waals surface area contributed by atoms with Crippen LogP contribution in [0.15, 0.2) is 78.9 Å². The van der Waals surface area contributed by atoms with E-state index in [9.17, 15) is 4.79 Å². The monoisotopic (exact) mass is 342 g/mol. The lowest BCUT2D eigenvalue weighted by atomic mass is 10.0. The van der Waals surface area contributed by atoms with Gasteiger partial charge in [-0.15, -0.1) is 0 Å². The summed E-state index contributed by atoms with van der Waals surface area (Å²) < 4.78 is 3.77. The Hall–Kier alpha value is -3.40. The van der Waals surface area contributed by atoms with E-state index in [0.29, 0.717) is 11.5 Å². The number of anilines is 1. The minimum atomic E-state index is 0.0395. The SMILES string of the molecule is C[n+]1c(N)n(CC(=O)c2ccc(-c3ccccc3)cc2)c2ccccc21. The molecule has 1 aromatic heterocycles. The minimum Gasteiger partial charge on any atom is -0.291 e. The number of carbonyl (C=O) groups is 1. The van der Waals surface area contributed by atoms with Crippen LogP contribution in [0.5, 0.6) is 0 Å². The Labute approximate surface area is 152 Å². The molecule has 26 heavy (non-hydrogen) atoms. The van der Waals surface area contributed by atoms with Crippen LogP contribution >= 0.6 is 0 Å². The molecule has 0 atom stereocenters. The first-order valence-electron chi connectivity index (χ1n) is 8.56. The Kier molecular flexibility index (Phi) is 4.01. The van der Waals surface area contributed by atoms with Gasteiger partial charge in [-0.2, -0.15) is 0 Å². The van der Waals surface area contributed by atoms with E-state index in [1.807, 2.05) is 82.9 Å². The van der Waals surface area contributed by atoms with Crippen molar-refractivity contribution in [1.82, 2.24) is 4.57 Å². The summed E-state index contributed by atoms with van der Waals surface area (Å²) in [5.41, 5.74) is 11.1. The fourth-order valence-corrected chi connectivity index (χ4v) is 3.28. The maximum Gasteiger partial charge on any atom is 0.356 e. The van der Waals surface area contributed by atoms with E-state index in [-0.39, 0.29) is 12.3 Å². The van der Waals surface area contributed by atoms with E-state index in [1.165, 1.54) is 0 Å². The summed E-state index contributed by atoms with van der Waals surface area (Å²) in [5, 5.41) is 0. The lowest BCUT2D eigenvalue weighted by molar-refractivity contribution is -0.630. The Morgan fingerprint density at radius 1 is 0.885 bits per heavy atom. The Morgan fingerprint density at radius 2 is 1.50 bits per heavy atom. The first kappa shape index (κ1) is 16.1. The number of para-hydroxylation sites is 2. The predicted octanol–water partition coefficient (Wildman–Crippen LogP) is 3.60. The highest BCUT2D eigenvalue weighted by atomic mass is 16.1. The molecular weight excluding hydrogens is 322 g/mol. The topological polar surface area (TPSA) is 51.9 Å². The van der Waals surface area contributed by atoms with Crippen molar-refractivity contribution >= 4 is 22.8 Å². The molecule has 128 valence electrons. The summed E-state index contributed by atoms with van der Waals surface area (Å²) in [7, 11) is 1.91. The van der Waals surface area contributed by atoms with Crippen molar-refractivity contribution in [2.24, 2.45) is 7.05 Å². The number of carbonyl (C=O) groups excluding carboxylic acids is 1. The van der Waals surface area contributed by atoms with Gasteiger partial charge in [0.2, 0.25) is 0 Å². The number of benzene rings is 3. The van der Waals surface area contributed by atoms with Gasteiger partial charge in [-0.3, -0.25) is 10.5 Å². The third kappa shape index (κ3) is 2.75. The van der Waals surface area contributed by atoms with Gasteiger partial charge in [0, 0.05) is 5.56 Å². The molecule has 2 N–H and O–H groups in total. The van der Waals surface area contributed by atoms with Crippen LogP contribution in [-0.2, 0) is 13.6 Å². The molecule has 0 fully saturated rings. The van der Waals surface area contributed by atoms with Crippen LogP contribution in [0.25, 0.3) is 22.2 Å². The van der Waals surface area contributed by atoms with Crippen molar-refractivity contribution in [1.29, 1.82) is 0 Å². The number of Topliss-reactive ketones (excluding diaryl/α,β-unsaturated/α-hetero) is 1. The number of nitrogens with two attached hydrogens (primary N) is 1. The van der Waals surface area contributed by atoms with Gasteiger partial charge < -0.3 is 0 Å². The predicted molar refractivity (Wildman–Crippen MR) is 104 cm³/mol. The summed E-state index contributed by atoms with van der Waals surface area (Å²) in [6.45, 7) is 0.220. The molecule has 1 heterocycles. The Morgan fingerprint density at radius 3 is 2.23 bits per heavy atom. The molecule has 4 aromatic rings. The van der Waals surface area contributed by atoms with Gasteiger partial charge >= 0.3 is 5.95 Å². The van der Waals surface area contributed by atoms with Crippen LogP contribution in [0.3, 0.4) is 0 Å². The maximum absolute atomic E-state index is 12.8. The number of fused-ring (bicyclic) bond motifs is 1. The molecule has 0 amide bonds. The van der Waals surface area contributed by atoms with Gasteiger partial charge in [0.05, 0.1) is 7.05 Å². The molecule has 0 bridgehead atoms. The van der Waals surface area contributed by atoms with Crippen molar-refractivity contribution in [3.8, 4) is 11.1 Å². The molecule has 4 heteroatoms. The van der Waals surface area contributed by atoms with Crippen molar-refractivity contribution in [3.63, 3.8) is 0 Å². The lowest BCUT2D eigenvalue weighted by Crippen LogP contribution is -2.31. The first-order chi connectivity index (χ1) is 12.6. The Balaban J connectivity index is 1.62. The third-order valence-corrected chi connectivity index (χ3v) is 4.77. The van der Waals surface area contributed by atoms with Crippen LogP contribution in [0.1, 0.15) is 10.4 Å². The summed E-state index contributed by atoms with van der Waals surface area (Å²) in [4.78, 5) is 12.8. The maximum atomic E-state index is 12.8. The highest BCUT2D eigenvalue weighted by Gasteiger charge is 2.20. The molecule has 0 spiro atoms. The number of hydrogen-bond acceptors (Lipinski definition) is 2. The largest absolute Gasteiger partial charge is 0.356 e. The second-order valence-electron chi connectivity index (χ2n) is 6.36. The molecule has 0 aliphatic rings. The molecule has 4 nitrogen and oxygen atoms in total. The summed E-state index contributed by atoms with van der Waals surface area (Å²) >= 11 is 0. The normalized spacial score (nSPS) is 11.0. The Bertz CT molecular complexity index is 1080. The number of nitrogens with zero attached hydrogens (tertiary/aromatic N) is 2. The van der Waals surface area contributed by atoms with E-state index in [2.05, 4.69) is 12.1 Å². The molecule has 0 radical (unpaired) electrons. The number of hydrogen-bond donors (Lipinski definition) is 1. The van der Waals surface area contributed by atoms with Gasteiger partial charge in [0.15, 0.2) is 5.78 Å². The average molecular weight is 342 g/mol. The number of imidazole rings is 1. The highest BCUT2D eigenvalue weighted by molar-refractivity contribution is 5.97. The summed E-state index contributed by atoms with van der Waals surface area (Å²) in [6, 6.07) is 25.8. The molecule has 0 aliphatic heterocycles. The van der Waals surface area contributed by atoms with Crippen LogP contribution in [0.2, 0.25) is 0 Å². The zero-order valence-corrected chi connectivity index (χ0v) is 14.6. The van der Waals surface area contributed by atoms with Crippen LogP contribution < -0.4 is 10.3 Å². The van der Waals surface area contributed by atoms with E-state index >= 15 is 0 Å². The van der Waals surface area contributed by atoms with Gasteiger partial charge in [0.25, 0.3) is 0 Å². The van der Waals surface area contributed by atoms with E-state index < -0.39 is 0 Å². The summed E-state index contributed by atoms with van der Waals surface area (Å²) in [5.74, 6) is 0.609. The van der Waals surface area contributed by atoms with E-state index in [1.54, 1.807) is 0 Å². The number of rotatable bonds is 4. The van der Waals surface area contributed by atoms with Gasteiger partial charge in [0.1, 0.15) is 17.6 Å². The highest BCUT2D eigenvalue weighted by Crippen LogP contribution is 2.20. The van der Waals surface area contributed by atoms with Crippen molar-refractivity contribution < 1.29 is 9.36 Å². The lowest BCUT2D eigenvalue weighted by Gasteiger charge is -2.04. The fourth-order valence-electron chi connectivity index (χ4n) is 3.28. The zero-order chi connectivity index (χ0) is 18.1. The molecule has 3 aromatic carbocycles. The molecule has 0 saturated heterocycles. The van der Waals surface area contributed by atoms with Crippen LogP contribution in [0, 0.1) is 0 Å². The van der Waals surface area contributed by atoms with E-state index in [0.717, 1.165) is 22.2 Å². The molecule has 4 rings (SSSR count).